The highest BCUT2D eigenvalue weighted by Crippen LogP contribution is 2.30. The van der Waals surface area contributed by atoms with Crippen LogP contribution < -0.4 is 9.64 Å². The minimum Gasteiger partial charge on any atom is -0.474 e. The molecule has 0 atom stereocenters. The molecule has 1 saturated carbocycles. The van der Waals surface area contributed by atoms with E-state index in [0.717, 1.165) is 42.5 Å². The number of aromatic nitrogens is 5. The lowest BCUT2D eigenvalue weighted by Crippen LogP contribution is -2.48. The van der Waals surface area contributed by atoms with Crippen molar-refractivity contribution >= 4 is 22.5 Å². The van der Waals surface area contributed by atoms with Crippen LogP contribution in [-0.4, -0.2) is 68.5 Å². The van der Waals surface area contributed by atoms with Crippen LogP contribution >= 0.6 is 0 Å². The molecule has 0 radical (unpaired) electrons. The second kappa shape index (κ2) is 7.65. The number of aromatic amines is 1. The maximum Gasteiger partial charge on any atom is 0.276 e. The molecule has 1 saturated heterocycles. The van der Waals surface area contributed by atoms with Gasteiger partial charge >= 0.3 is 0 Å². The van der Waals surface area contributed by atoms with Crippen molar-refractivity contribution in [2.75, 3.05) is 31.1 Å². The van der Waals surface area contributed by atoms with Crippen molar-refractivity contribution < 1.29 is 9.53 Å². The molecule has 1 aromatic carbocycles. The number of nitrogens with zero attached hydrogens (tertiary/aromatic N) is 6. The predicted molar refractivity (Wildman–Crippen MR) is 107 cm³/mol. The highest BCUT2D eigenvalue weighted by atomic mass is 16.5. The lowest BCUT2D eigenvalue weighted by molar-refractivity contribution is 0.0741. The Balaban J connectivity index is 1.32. The van der Waals surface area contributed by atoms with Gasteiger partial charge in [0, 0.05) is 31.9 Å². The molecule has 3 heterocycles. The number of ether oxygens (including phenoxy) is 1. The number of carbonyl (C=O) groups excluding carboxylic acids is 1. The fraction of sp³-hybridized carbons (Fsp3) is 0.450. The second-order valence-corrected chi connectivity index (χ2v) is 7.54. The highest BCUT2D eigenvalue weighted by molar-refractivity contribution is 5.92. The van der Waals surface area contributed by atoms with Crippen LogP contribution in [0, 0.1) is 0 Å². The summed E-state index contributed by atoms with van der Waals surface area (Å²) in [6, 6.07) is 6.19. The summed E-state index contributed by atoms with van der Waals surface area (Å²) in [4.78, 5) is 25.3. The standard InChI is InChI=1S/C20H23N7O2/c28-20(18-12-23-25-24-18)27-9-7-26(8-10-27)14-5-6-17-16(11-14)19(22-13-21-17)29-15-3-1-2-4-15/h5-6,11-13,15H,1-4,7-10H2,(H,23,24,25). The van der Waals surface area contributed by atoms with E-state index in [0.29, 0.717) is 24.7 Å². The molecule has 1 aliphatic carbocycles. The molecule has 2 aromatic heterocycles. The van der Waals surface area contributed by atoms with Gasteiger partial charge in [-0.3, -0.25) is 4.79 Å². The molecule has 5 rings (SSSR count). The van der Waals surface area contributed by atoms with Gasteiger partial charge in [0.2, 0.25) is 5.88 Å². The normalized spacial score (nSPS) is 17.8. The minimum absolute atomic E-state index is 0.0856. The summed E-state index contributed by atoms with van der Waals surface area (Å²) in [7, 11) is 0. The van der Waals surface area contributed by atoms with E-state index in [9.17, 15) is 4.79 Å². The van der Waals surface area contributed by atoms with Gasteiger partial charge in [-0.2, -0.15) is 15.4 Å². The average Bonchev–Trinajstić information content (AvgIpc) is 3.48. The van der Waals surface area contributed by atoms with Crippen molar-refractivity contribution in [1.29, 1.82) is 0 Å². The van der Waals surface area contributed by atoms with Gasteiger partial charge in [-0.05, 0) is 43.9 Å². The number of amides is 1. The number of carbonyl (C=O) groups is 1. The monoisotopic (exact) mass is 393 g/mol. The van der Waals surface area contributed by atoms with Crippen LogP contribution in [-0.2, 0) is 0 Å². The first-order valence-electron chi connectivity index (χ1n) is 10.1. The van der Waals surface area contributed by atoms with E-state index in [2.05, 4.69) is 42.4 Å². The van der Waals surface area contributed by atoms with Gasteiger partial charge in [0.1, 0.15) is 12.4 Å². The molecule has 29 heavy (non-hydrogen) atoms. The van der Waals surface area contributed by atoms with Gasteiger partial charge < -0.3 is 14.5 Å². The smallest absolute Gasteiger partial charge is 0.276 e. The van der Waals surface area contributed by atoms with E-state index in [1.807, 2.05) is 11.0 Å². The molecule has 1 N–H and O–H groups in total. The number of fused-ring (bicyclic) bond motifs is 1. The van der Waals surface area contributed by atoms with Gasteiger partial charge in [0.15, 0.2) is 5.69 Å². The van der Waals surface area contributed by atoms with Crippen molar-refractivity contribution in [1.82, 2.24) is 30.3 Å². The molecule has 1 amide bonds. The summed E-state index contributed by atoms with van der Waals surface area (Å²) in [5.41, 5.74) is 2.34. The Hall–Kier alpha value is -3.23. The average molecular weight is 393 g/mol. The van der Waals surface area contributed by atoms with Crippen LogP contribution in [0.15, 0.2) is 30.7 Å². The highest BCUT2D eigenvalue weighted by Gasteiger charge is 2.24. The van der Waals surface area contributed by atoms with Crippen molar-refractivity contribution in [3.8, 4) is 5.88 Å². The van der Waals surface area contributed by atoms with E-state index in [1.165, 1.54) is 19.0 Å². The Morgan fingerprint density at radius 3 is 2.69 bits per heavy atom. The van der Waals surface area contributed by atoms with Crippen molar-refractivity contribution in [3.63, 3.8) is 0 Å². The maximum atomic E-state index is 12.4. The summed E-state index contributed by atoms with van der Waals surface area (Å²) in [5.74, 6) is 0.584. The molecule has 0 bridgehead atoms. The van der Waals surface area contributed by atoms with E-state index >= 15 is 0 Å². The van der Waals surface area contributed by atoms with Crippen LogP contribution in [0.25, 0.3) is 10.9 Å². The number of benzene rings is 1. The second-order valence-electron chi connectivity index (χ2n) is 7.54. The van der Waals surface area contributed by atoms with E-state index in [1.54, 1.807) is 6.33 Å². The Morgan fingerprint density at radius 1 is 1.10 bits per heavy atom. The fourth-order valence-electron chi connectivity index (χ4n) is 4.11. The molecule has 0 spiro atoms. The molecule has 9 heteroatoms. The zero-order valence-corrected chi connectivity index (χ0v) is 16.1. The van der Waals surface area contributed by atoms with Gasteiger partial charge in [-0.1, -0.05) is 0 Å². The van der Waals surface area contributed by atoms with Crippen molar-refractivity contribution in [2.24, 2.45) is 0 Å². The molecule has 150 valence electrons. The van der Waals surface area contributed by atoms with Gasteiger partial charge in [0.25, 0.3) is 5.91 Å². The third kappa shape index (κ3) is 3.59. The van der Waals surface area contributed by atoms with Crippen LogP contribution in [0.1, 0.15) is 36.2 Å². The number of hydrogen-bond donors (Lipinski definition) is 1. The minimum atomic E-state index is -0.0856. The Bertz CT molecular complexity index is 993. The lowest BCUT2D eigenvalue weighted by Gasteiger charge is -2.35. The van der Waals surface area contributed by atoms with E-state index in [-0.39, 0.29) is 12.0 Å². The van der Waals surface area contributed by atoms with Crippen LogP contribution in [0.3, 0.4) is 0 Å². The van der Waals surface area contributed by atoms with Crippen LogP contribution in [0.4, 0.5) is 5.69 Å². The first kappa shape index (κ1) is 17.8. The number of piperazine rings is 1. The number of H-pyrrole nitrogens is 1. The first-order valence-corrected chi connectivity index (χ1v) is 10.1. The van der Waals surface area contributed by atoms with Crippen molar-refractivity contribution in [3.05, 3.63) is 36.4 Å². The van der Waals surface area contributed by atoms with Crippen LogP contribution in [0.5, 0.6) is 5.88 Å². The quantitative estimate of drug-likeness (QED) is 0.724. The topological polar surface area (TPSA) is 100 Å². The predicted octanol–water partition coefficient (Wildman–Crippen LogP) is 2.03. The molecular formula is C20H23N7O2. The number of nitrogens with one attached hydrogen (secondary N) is 1. The Labute approximate surface area is 168 Å². The number of anilines is 1. The molecule has 3 aromatic rings. The molecule has 9 nitrogen and oxygen atoms in total. The van der Waals surface area contributed by atoms with Gasteiger partial charge in [-0.15, -0.1) is 0 Å². The number of hydrogen-bond acceptors (Lipinski definition) is 7. The lowest BCUT2D eigenvalue weighted by atomic mass is 10.1. The Kier molecular flexibility index (Phi) is 4.71. The van der Waals surface area contributed by atoms with E-state index < -0.39 is 0 Å². The first-order chi connectivity index (χ1) is 14.3. The summed E-state index contributed by atoms with van der Waals surface area (Å²) in [6.07, 6.45) is 7.90. The van der Waals surface area contributed by atoms with Crippen LogP contribution in [0.2, 0.25) is 0 Å². The third-order valence-electron chi connectivity index (χ3n) is 5.73. The zero-order valence-electron chi connectivity index (χ0n) is 16.1. The molecule has 1 aliphatic heterocycles. The summed E-state index contributed by atoms with van der Waals surface area (Å²) in [6.45, 7) is 2.78. The van der Waals surface area contributed by atoms with Crippen molar-refractivity contribution in [2.45, 2.75) is 31.8 Å². The Morgan fingerprint density at radius 2 is 1.93 bits per heavy atom. The fourth-order valence-corrected chi connectivity index (χ4v) is 4.11. The SMILES string of the molecule is O=C(c1cn[nH]n1)N1CCN(c2ccc3ncnc(OC4CCCC4)c3c2)CC1. The molecule has 2 fully saturated rings. The largest absolute Gasteiger partial charge is 0.474 e. The van der Waals surface area contributed by atoms with Gasteiger partial charge in [-0.25, -0.2) is 9.97 Å². The zero-order chi connectivity index (χ0) is 19.6. The summed E-state index contributed by atoms with van der Waals surface area (Å²) < 4.78 is 6.18. The summed E-state index contributed by atoms with van der Waals surface area (Å²) >= 11 is 0. The van der Waals surface area contributed by atoms with E-state index in [4.69, 9.17) is 4.74 Å². The third-order valence-corrected chi connectivity index (χ3v) is 5.73. The maximum absolute atomic E-state index is 12.4. The molecular weight excluding hydrogens is 370 g/mol. The number of rotatable bonds is 4. The molecule has 2 aliphatic rings. The summed E-state index contributed by atoms with van der Waals surface area (Å²) in [5, 5.41) is 11.0. The van der Waals surface area contributed by atoms with Gasteiger partial charge in [0.05, 0.1) is 17.1 Å². The molecule has 0 unspecified atom stereocenters.